The van der Waals surface area contributed by atoms with E-state index >= 15 is 0 Å². The van der Waals surface area contributed by atoms with Gasteiger partial charge in [0.15, 0.2) is 0 Å². The van der Waals surface area contributed by atoms with Gasteiger partial charge in [-0.2, -0.15) is 0 Å². The van der Waals surface area contributed by atoms with Crippen LogP contribution in [0, 0.1) is 0 Å². The predicted molar refractivity (Wildman–Crippen MR) is 83.8 cm³/mol. The third kappa shape index (κ3) is 3.66. The monoisotopic (exact) mass is 290 g/mol. The lowest BCUT2D eigenvalue weighted by Crippen LogP contribution is -2.22. The van der Waals surface area contributed by atoms with E-state index < -0.39 is 0 Å². The van der Waals surface area contributed by atoms with Crippen LogP contribution in [0.4, 0.5) is 0 Å². The fourth-order valence-corrected chi connectivity index (χ4v) is 3.06. The van der Waals surface area contributed by atoms with Crippen molar-refractivity contribution in [2.75, 3.05) is 0 Å². The lowest BCUT2D eigenvalue weighted by molar-refractivity contribution is 0.281. The van der Waals surface area contributed by atoms with E-state index in [9.17, 15) is 5.11 Å². The average Bonchev–Trinajstić information content (AvgIpc) is 2.96. The molecule has 2 atom stereocenters. The normalized spacial score (nSPS) is 14.2. The number of nitrogens with zero attached hydrogens (tertiary/aromatic N) is 1. The first kappa shape index (κ1) is 15.2. The molecule has 1 aromatic carbocycles. The highest BCUT2D eigenvalue weighted by molar-refractivity contribution is 7.11. The van der Waals surface area contributed by atoms with Crippen LogP contribution in [0.1, 0.15) is 53.9 Å². The quantitative estimate of drug-likeness (QED) is 0.854. The number of aliphatic hydroxyl groups excluding tert-OH is 1. The van der Waals surface area contributed by atoms with Crippen LogP contribution in [0.15, 0.2) is 30.5 Å². The fraction of sp³-hybridized carbons (Fsp3) is 0.438. The van der Waals surface area contributed by atoms with Crippen molar-refractivity contribution in [3.63, 3.8) is 0 Å². The first-order valence-electron chi connectivity index (χ1n) is 7.04. The summed E-state index contributed by atoms with van der Waals surface area (Å²) in [7, 11) is 0. The summed E-state index contributed by atoms with van der Waals surface area (Å²) in [5.74, 6) is 0. The van der Waals surface area contributed by atoms with E-state index in [1.807, 2.05) is 24.4 Å². The van der Waals surface area contributed by atoms with E-state index in [0.717, 1.165) is 17.0 Å². The Labute approximate surface area is 124 Å². The second kappa shape index (κ2) is 6.97. The van der Waals surface area contributed by atoms with E-state index in [4.69, 9.17) is 0 Å². The molecule has 0 aliphatic heterocycles. The summed E-state index contributed by atoms with van der Waals surface area (Å²) in [6.45, 7) is 6.52. The molecule has 1 aromatic heterocycles. The number of aliphatic hydroxyl groups is 1. The van der Waals surface area contributed by atoms with Crippen molar-refractivity contribution < 1.29 is 5.11 Å². The molecule has 0 amide bonds. The van der Waals surface area contributed by atoms with Crippen molar-refractivity contribution in [1.82, 2.24) is 10.3 Å². The van der Waals surface area contributed by atoms with Gasteiger partial charge in [-0.3, -0.25) is 0 Å². The maximum absolute atomic E-state index is 9.20. The summed E-state index contributed by atoms with van der Waals surface area (Å²) in [5.41, 5.74) is 2.14. The van der Waals surface area contributed by atoms with Gasteiger partial charge in [0, 0.05) is 17.1 Å². The van der Waals surface area contributed by atoms with Crippen LogP contribution in [0.5, 0.6) is 0 Å². The molecular formula is C16H22N2OS. The zero-order valence-electron chi connectivity index (χ0n) is 12.3. The third-order valence-electron chi connectivity index (χ3n) is 3.42. The van der Waals surface area contributed by atoms with Gasteiger partial charge in [0.1, 0.15) is 5.01 Å². The molecule has 20 heavy (non-hydrogen) atoms. The van der Waals surface area contributed by atoms with Crippen molar-refractivity contribution in [3.8, 4) is 0 Å². The molecule has 0 aliphatic rings. The predicted octanol–water partition coefficient (Wildman–Crippen LogP) is 3.61. The highest BCUT2D eigenvalue weighted by Crippen LogP contribution is 2.24. The van der Waals surface area contributed by atoms with Crippen molar-refractivity contribution >= 4 is 11.3 Å². The molecular weight excluding hydrogens is 268 g/mol. The first-order chi connectivity index (χ1) is 9.63. The maximum Gasteiger partial charge on any atom is 0.109 e. The molecule has 4 heteroatoms. The Morgan fingerprint density at radius 3 is 2.75 bits per heavy atom. The molecule has 3 nitrogen and oxygen atoms in total. The number of aryl methyl sites for hydroxylation is 1. The van der Waals surface area contributed by atoms with E-state index in [-0.39, 0.29) is 18.7 Å². The number of aromatic nitrogens is 1. The standard InChI is InChI=1S/C16H22N2OS/c1-4-15-9-17-16(20-15)12(3)18-11(2)14-7-5-6-13(8-14)10-19/h5-9,11-12,18-19H,4,10H2,1-3H3. The number of nitrogens with one attached hydrogen (secondary N) is 1. The van der Waals surface area contributed by atoms with Gasteiger partial charge in [-0.25, -0.2) is 4.98 Å². The van der Waals surface area contributed by atoms with Gasteiger partial charge < -0.3 is 10.4 Å². The Hall–Kier alpha value is -1.23. The van der Waals surface area contributed by atoms with Crippen molar-refractivity contribution in [1.29, 1.82) is 0 Å². The average molecular weight is 290 g/mol. The van der Waals surface area contributed by atoms with Crippen LogP contribution in [0.25, 0.3) is 0 Å². The molecule has 2 N–H and O–H groups in total. The van der Waals surface area contributed by atoms with Crippen molar-refractivity contribution in [3.05, 3.63) is 51.5 Å². The molecule has 2 unspecified atom stereocenters. The van der Waals surface area contributed by atoms with Crippen LogP contribution in [0.3, 0.4) is 0 Å². The minimum Gasteiger partial charge on any atom is -0.392 e. The largest absolute Gasteiger partial charge is 0.392 e. The number of benzene rings is 1. The van der Waals surface area contributed by atoms with Crippen molar-refractivity contribution in [2.45, 2.75) is 45.9 Å². The summed E-state index contributed by atoms with van der Waals surface area (Å²) in [6, 6.07) is 8.52. The van der Waals surface area contributed by atoms with Crippen LogP contribution in [-0.2, 0) is 13.0 Å². The topological polar surface area (TPSA) is 45.2 Å². The van der Waals surface area contributed by atoms with Crippen molar-refractivity contribution in [2.24, 2.45) is 0 Å². The third-order valence-corrected chi connectivity index (χ3v) is 4.75. The second-order valence-corrected chi connectivity index (χ2v) is 6.18. The minimum atomic E-state index is 0.0858. The Morgan fingerprint density at radius 2 is 2.10 bits per heavy atom. The van der Waals surface area contributed by atoms with Gasteiger partial charge in [-0.15, -0.1) is 11.3 Å². The lowest BCUT2D eigenvalue weighted by atomic mass is 10.0. The molecule has 108 valence electrons. The summed E-state index contributed by atoms with van der Waals surface area (Å²) < 4.78 is 0. The van der Waals surface area contributed by atoms with E-state index in [2.05, 4.69) is 37.1 Å². The lowest BCUT2D eigenvalue weighted by Gasteiger charge is -2.19. The Kier molecular flexibility index (Phi) is 5.29. The molecule has 0 bridgehead atoms. The molecule has 1 heterocycles. The highest BCUT2D eigenvalue weighted by atomic mass is 32.1. The van der Waals surface area contributed by atoms with Gasteiger partial charge in [0.05, 0.1) is 12.6 Å². The van der Waals surface area contributed by atoms with Crippen LogP contribution in [0.2, 0.25) is 0 Å². The molecule has 0 saturated heterocycles. The summed E-state index contributed by atoms with van der Waals surface area (Å²) in [6.07, 6.45) is 3.01. The van der Waals surface area contributed by atoms with Gasteiger partial charge in [0.25, 0.3) is 0 Å². The summed E-state index contributed by atoms with van der Waals surface area (Å²) in [5, 5.41) is 13.9. The van der Waals surface area contributed by atoms with Crippen LogP contribution in [-0.4, -0.2) is 10.1 Å². The van der Waals surface area contributed by atoms with Gasteiger partial charge in [-0.05, 0) is 31.4 Å². The van der Waals surface area contributed by atoms with E-state index in [1.54, 1.807) is 11.3 Å². The number of hydrogen-bond acceptors (Lipinski definition) is 4. The smallest absolute Gasteiger partial charge is 0.109 e. The molecule has 0 fully saturated rings. The Balaban J connectivity index is 2.04. The van der Waals surface area contributed by atoms with Crippen LogP contribution < -0.4 is 5.32 Å². The summed E-state index contributed by atoms with van der Waals surface area (Å²) in [4.78, 5) is 5.81. The van der Waals surface area contributed by atoms with Gasteiger partial charge in [-0.1, -0.05) is 31.2 Å². The van der Waals surface area contributed by atoms with E-state index in [0.29, 0.717) is 0 Å². The Bertz CT molecular complexity index is 553. The number of thiazole rings is 1. The summed E-state index contributed by atoms with van der Waals surface area (Å²) >= 11 is 1.77. The number of rotatable bonds is 6. The minimum absolute atomic E-state index is 0.0858. The number of hydrogen-bond donors (Lipinski definition) is 2. The first-order valence-corrected chi connectivity index (χ1v) is 7.86. The zero-order chi connectivity index (χ0) is 14.5. The molecule has 2 aromatic rings. The highest BCUT2D eigenvalue weighted by Gasteiger charge is 2.14. The maximum atomic E-state index is 9.20. The molecule has 0 saturated carbocycles. The second-order valence-electron chi connectivity index (χ2n) is 5.03. The van der Waals surface area contributed by atoms with Gasteiger partial charge >= 0.3 is 0 Å². The van der Waals surface area contributed by atoms with Gasteiger partial charge in [0.2, 0.25) is 0 Å². The molecule has 2 rings (SSSR count). The van der Waals surface area contributed by atoms with E-state index in [1.165, 1.54) is 10.4 Å². The fourth-order valence-electron chi connectivity index (χ4n) is 2.19. The Morgan fingerprint density at radius 1 is 1.30 bits per heavy atom. The zero-order valence-corrected chi connectivity index (χ0v) is 13.1. The SMILES string of the molecule is CCc1cnc(C(C)NC(C)c2cccc(CO)c2)s1. The molecule has 0 spiro atoms. The van der Waals surface area contributed by atoms with Crippen LogP contribution >= 0.6 is 11.3 Å². The molecule has 0 aliphatic carbocycles. The molecule has 0 radical (unpaired) electrons.